The van der Waals surface area contributed by atoms with Crippen LogP contribution >= 0.6 is 0 Å². The molecule has 9 heteroatoms. The van der Waals surface area contributed by atoms with Crippen LogP contribution in [0.5, 0.6) is 0 Å². The summed E-state index contributed by atoms with van der Waals surface area (Å²) in [7, 11) is 2.19. The predicted octanol–water partition coefficient (Wildman–Crippen LogP) is 3.68. The topological polar surface area (TPSA) is 79.4 Å². The number of fused-ring (bicyclic) bond motifs is 2. The third-order valence-electron chi connectivity index (χ3n) is 6.92. The summed E-state index contributed by atoms with van der Waals surface area (Å²) >= 11 is 0. The highest BCUT2D eigenvalue weighted by atomic mass is 15.3. The van der Waals surface area contributed by atoms with Crippen molar-refractivity contribution in [1.82, 2.24) is 34.0 Å². The molecule has 0 unspecified atom stereocenters. The van der Waals surface area contributed by atoms with E-state index in [9.17, 15) is 0 Å². The van der Waals surface area contributed by atoms with Crippen LogP contribution in [0.3, 0.4) is 0 Å². The van der Waals surface area contributed by atoms with Crippen LogP contribution in [0.2, 0.25) is 0 Å². The molecule has 1 aliphatic rings. The quantitative estimate of drug-likeness (QED) is 0.396. The van der Waals surface area contributed by atoms with E-state index in [1.807, 2.05) is 17.5 Å². The summed E-state index contributed by atoms with van der Waals surface area (Å²) < 4.78 is 4.27. The van der Waals surface area contributed by atoms with Crippen LogP contribution in [-0.4, -0.2) is 73.8 Å². The minimum atomic E-state index is 0.705. The lowest BCUT2D eigenvalue weighted by Crippen LogP contribution is -2.44. The van der Waals surface area contributed by atoms with Crippen LogP contribution in [-0.2, 0) is 6.54 Å². The zero-order valence-corrected chi connectivity index (χ0v) is 21.0. The molecule has 0 bridgehead atoms. The summed E-state index contributed by atoms with van der Waals surface area (Å²) in [5.74, 6) is 2.36. The third-order valence-corrected chi connectivity index (χ3v) is 6.92. The number of imidazole rings is 1. The first-order chi connectivity index (χ1) is 17.6. The van der Waals surface area contributed by atoms with Gasteiger partial charge >= 0.3 is 0 Å². The fraction of sp³-hybridized carbons (Fsp3) is 0.333. The Morgan fingerprint density at radius 1 is 0.944 bits per heavy atom. The number of hydrogen-bond acceptors (Lipinski definition) is 7. The number of rotatable bonds is 6. The summed E-state index contributed by atoms with van der Waals surface area (Å²) in [6, 6.07) is 17.2. The van der Waals surface area contributed by atoms with Crippen LogP contribution in [0.4, 0.5) is 11.5 Å². The maximum absolute atomic E-state index is 5.09. The minimum absolute atomic E-state index is 0.705. The Balaban J connectivity index is 1.52. The van der Waals surface area contributed by atoms with Crippen LogP contribution < -0.4 is 10.2 Å². The molecule has 4 heterocycles. The summed E-state index contributed by atoms with van der Waals surface area (Å²) in [5.41, 5.74) is 6.04. The van der Waals surface area contributed by atoms with Crippen molar-refractivity contribution in [1.29, 1.82) is 0 Å². The van der Waals surface area contributed by atoms with Crippen molar-refractivity contribution in [2.24, 2.45) is 0 Å². The van der Waals surface area contributed by atoms with Crippen LogP contribution in [0.15, 0.2) is 54.7 Å². The Bertz CT molecular complexity index is 1510. The Morgan fingerprint density at radius 2 is 1.75 bits per heavy atom. The molecule has 0 aliphatic carbocycles. The van der Waals surface area contributed by atoms with Gasteiger partial charge in [-0.3, -0.25) is 4.40 Å². The zero-order valence-electron chi connectivity index (χ0n) is 21.0. The molecule has 1 aliphatic heterocycles. The molecule has 0 atom stereocenters. The molecule has 9 nitrogen and oxygen atoms in total. The van der Waals surface area contributed by atoms with E-state index in [0.717, 1.165) is 66.7 Å². The number of aryl methyl sites for hydroxylation is 1. The number of benzene rings is 2. The SMILES string of the molecule is CCNc1nc(-c2nc3ccc(N4CCN(C)CC4)cc3n2Cc2ccccc2)cn2c(C)nnc12. The van der Waals surface area contributed by atoms with Gasteiger partial charge in [-0.25, -0.2) is 9.97 Å². The van der Waals surface area contributed by atoms with Gasteiger partial charge < -0.3 is 19.7 Å². The van der Waals surface area contributed by atoms with Crippen LogP contribution in [0.1, 0.15) is 18.3 Å². The van der Waals surface area contributed by atoms with Crippen molar-refractivity contribution in [2.45, 2.75) is 20.4 Å². The number of piperazine rings is 1. The summed E-state index contributed by atoms with van der Waals surface area (Å²) in [5, 5.41) is 11.9. The summed E-state index contributed by atoms with van der Waals surface area (Å²) in [6.45, 7) is 9.65. The average Bonchev–Trinajstić information content (AvgIpc) is 3.45. The molecule has 1 saturated heterocycles. The molecule has 6 rings (SSSR count). The molecular formula is C27H31N9. The van der Waals surface area contributed by atoms with E-state index in [1.165, 1.54) is 11.3 Å². The molecular weight excluding hydrogens is 450 g/mol. The second kappa shape index (κ2) is 9.23. The van der Waals surface area contributed by atoms with E-state index < -0.39 is 0 Å². The number of anilines is 2. The average molecular weight is 482 g/mol. The van der Waals surface area contributed by atoms with E-state index in [2.05, 4.69) is 92.4 Å². The molecule has 0 saturated carbocycles. The van der Waals surface area contributed by atoms with Crippen molar-refractivity contribution in [3.05, 3.63) is 66.1 Å². The highest BCUT2D eigenvalue weighted by Gasteiger charge is 2.20. The van der Waals surface area contributed by atoms with Crippen molar-refractivity contribution < 1.29 is 0 Å². The third kappa shape index (κ3) is 4.05. The van der Waals surface area contributed by atoms with Gasteiger partial charge in [-0.15, -0.1) is 10.2 Å². The van der Waals surface area contributed by atoms with E-state index in [0.29, 0.717) is 12.4 Å². The number of nitrogens with one attached hydrogen (secondary N) is 1. The number of hydrogen-bond donors (Lipinski definition) is 1. The first-order valence-corrected chi connectivity index (χ1v) is 12.5. The largest absolute Gasteiger partial charge is 0.369 e. The van der Waals surface area contributed by atoms with E-state index in [1.54, 1.807) is 0 Å². The van der Waals surface area contributed by atoms with Gasteiger partial charge in [0, 0.05) is 51.2 Å². The monoisotopic (exact) mass is 481 g/mol. The zero-order chi connectivity index (χ0) is 24.6. The van der Waals surface area contributed by atoms with Crippen molar-refractivity contribution in [3.63, 3.8) is 0 Å². The normalized spacial score (nSPS) is 14.7. The Morgan fingerprint density at radius 3 is 2.53 bits per heavy atom. The van der Waals surface area contributed by atoms with Gasteiger partial charge in [-0.05, 0) is 44.7 Å². The highest BCUT2D eigenvalue weighted by molar-refractivity contribution is 5.84. The van der Waals surface area contributed by atoms with E-state index in [4.69, 9.17) is 9.97 Å². The standard InChI is InChI=1S/C27H31N9/c1-4-28-25-27-32-31-19(2)35(27)18-23(29-25)26-30-22-11-10-21(34-14-12-33(3)13-15-34)16-24(22)36(26)17-20-8-6-5-7-9-20/h5-11,16,18H,4,12-15,17H2,1-3H3,(H,28,29). The molecule has 3 aromatic heterocycles. The molecule has 36 heavy (non-hydrogen) atoms. The van der Waals surface area contributed by atoms with E-state index >= 15 is 0 Å². The maximum atomic E-state index is 5.09. The highest BCUT2D eigenvalue weighted by Crippen LogP contribution is 2.30. The van der Waals surface area contributed by atoms with E-state index in [-0.39, 0.29) is 0 Å². The van der Waals surface area contributed by atoms with Crippen molar-refractivity contribution >= 4 is 28.2 Å². The number of aromatic nitrogens is 6. The number of nitrogens with zero attached hydrogens (tertiary/aromatic N) is 8. The fourth-order valence-electron chi connectivity index (χ4n) is 4.89. The molecule has 1 N–H and O–H groups in total. The molecule has 0 radical (unpaired) electrons. The Kier molecular flexibility index (Phi) is 5.77. The molecule has 184 valence electrons. The lowest BCUT2D eigenvalue weighted by molar-refractivity contribution is 0.313. The molecule has 1 fully saturated rings. The van der Waals surface area contributed by atoms with Gasteiger partial charge in [-0.1, -0.05) is 30.3 Å². The first kappa shape index (κ1) is 22.5. The molecule has 0 spiro atoms. The van der Waals surface area contributed by atoms with Crippen molar-refractivity contribution in [2.75, 3.05) is 50.0 Å². The molecule has 2 aromatic carbocycles. The summed E-state index contributed by atoms with van der Waals surface area (Å²) in [6.07, 6.45) is 2.00. The Labute approximate surface area is 210 Å². The predicted molar refractivity (Wildman–Crippen MR) is 144 cm³/mol. The first-order valence-electron chi connectivity index (χ1n) is 12.5. The summed E-state index contributed by atoms with van der Waals surface area (Å²) in [4.78, 5) is 14.9. The van der Waals surface area contributed by atoms with Crippen molar-refractivity contribution in [3.8, 4) is 11.5 Å². The van der Waals surface area contributed by atoms with Gasteiger partial charge in [-0.2, -0.15) is 0 Å². The fourth-order valence-corrected chi connectivity index (χ4v) is 4.89. The van der Waals surface area contributed by atoms with Gasteiger partial charge in [0.05, 0.1) is 11.0 Å². The van der Waals surface area contributed by atoms with Crippen LogP contribution in [0.25, 0.3) is 28.2 Å². The maximum Gasteiger partial charge on any atom is 0.203 e. The van der Waals surface area contributed by atoms with Gasteiger partial charge in [0.25, 0.3) is 0 Å². The van der Waals surface area contributed by atoms with Gasteiger partial charge in [0.15, 0.2) is 11.6 Å². The molecule has 0 amide bonds. The van der Waals surface area contributed by atoms with Gasteiger partial charge in [0.2, 0.25) is 5.65 Å². The minimum Gasteiger partial charge on any atom is -0.369 e. The lowest BCUT2D eigenvalue weighted by Gasteiger charge is -2.34. The number of likely N-dealkylation sites (N-methyl/N-ethyl adjacent to an activating group) is 1. The molecule has 5 aromatic rings. The van der Waals surface area contributed by atoms with Crippen LogP contribution in [0, 0.1) is 6.92 Å². The Hall–Kier alpha value is -3.98. The second-order valence-electron chi connectivity index (χ2n) is 9.42. The lowest BCUT2D eigenvalue weighted by atomic mass is 10.2. The van der Waals surface area contributed by atoms with Gasteiger partial charge in [0.1, 0.15) is 11.5 Å². The smallest absolute Gasteiger partial charge is 0.203 e. The second-order valence-corrected chi connectivity index (χ2v) is 9.42.